The largest absolute Gasteiger partial charge is 0.144 e. The Hall–Kier alpha value is -1.08. The molecule has 2 rings (SSSR count). The molecule has 0 atom stereocenters. The standard InChI is InChI=1S/C12H11S/c1-9-6-10(2)8-11(7-9)12-4-3-5-13-12/h3-5,7-8H,1-2H3. The van der Waals surface area contributed by atoms with Crippen LogP contribution in [-0.4, -0.2) is 0 Å². The SMILES string of the molecule is Cc1[c]c(C)cc(-c2cccs2)c1. The van der Waals surface area contributed by atoms with Crippen molar-refractivity contribution in [3.8, 4) is 10.4 Å². The Morgan fingerprint density at radius 1 is 1.15 bits per heavy atom. The molecule has 0 aliphatic carbocycles. The van der Waals surface area contributed by atoms with Crippen LogP contribution in [0.5, 0.6) is 0 Å². The molecule has 0 amide bonds. The Kier molecular flexibility index (Phi) is 2.19. The van der Waals surface area contributed by atoms with Gasteiger partial charge in [0.05, 0.1) is 0 Å². The molecule has 0 saturated carbocycles. The predicted octanol–water partition coefficient (Wildman–Crippen LogP) is 3.83. The van der Waals surface area contributed by atoms with Crippen molar-refractivity contribution in [2.45, 2.75) is 13.8 Å². The number of rotatable bonds is 1. The first kappa shape index (κ1) is 8.52. The van der Waals surface area contributed by atoms with Crippen molar-refractivity contribution in [1.29, 1.82) is 0 Å². The Balaban J connectivity index is 2.53. The quantitative estimate of drug-likeness (QED) is 0.636. The molecular weight excluding hydrogens is 176 g/mol. The molecule has 0 aliphatic rings. The topological polar surface area (TPSA) is 0 Å². The van der Waals surface area contributed by atoms with Gasteiger partial charge in [-0.25, -0.2) is 0 Å². The van der Waals surface area contributed by atoms with Gasteiger partial charge in [0, 0.05) is 4.88 Å². The third-order valence-electron chi connectivity index (χ3n) is 1.94. The van der Waals surface area contributed by atoms with Gasteiger partial charge in [-0.15, -0.1) is 11.3 Å². The van der Waals surface area contributed by atoms with Gasteiger partial charge in [0.1, 0.15) is 0 Å². The lowest BCUT2D eigenvalue weighted by molar-refractivity contribution is 1.38. The van der Waals surface area contributed by atoms with E-state index in [2.05, 4.69) is 49.6 Å². The molecule has 0 N–H and O–H groups in total. The van der Waals surface area contributed by atoms with Crippen molar-refractivity contribution < 1.29 is 0 Å². The van der Waals surface area contributed by atoms with Gasteiger partial charge >= 0.3 is 0 Å². The highest BCUT2D eigenvalue weighted by atomic mass is 32.1. The summed E-state index contributed by atoms with van der Waals surface area (Å²) in [6.07, 6.45) is 0. The summed E-state index contributed by atoms with van der Waals surface area (Å²) in [4.78, 5) is 1.33. The van der Waals surface area contributed by atoms with E-state index in [1.165, 1.54) is 21.6 Å². The number of hydrogen-bond donors (Lipinski definition) is 0. The molecule has 1 aromatic heterocycles. The molecule has 1 aromatic carbocycles. The molecule has 0 saturated heterocycles. The van der Waals surface area contributed by atoms with Gasteiger partial charge in [0.2, 0.25) is 0 Å². The van der Waals surface area contributed by atoms with Gasteiger partial charge in [-0.2, -0.15) is 0 Å². The third kappa shape index (κ3) is 1.81. The molecule has 1 heterocycles. The van der Waals surface area contributed by atoms with E-state index in [0.717, 1.165) is 0 Å². The second-order valence-corrected chi connectivity index (χ2v) is 4.16. The van der Waals surface area contributed by atoms with Gasteiger partial charge in [0.15, 0.2) is 0 Å². The molecule has 0 bridgehead atoms. The van der Waals surface area contributed by atoms with Crippen molar-refractivity contribution in [2.24, 2.45) is 0 Å². The zero-order valence-electron chi connectivity index (χ0n) is 7.79. The van der Waals surface area contributed by atoms with Crippen LogP contribution in [0.25, 0.3) is 10.4 Å². The first-order chi connectivity index (χ1) is 6.25. The van der Waals surface area contributed by atoms with E-state index in [1.54, 1.807) is 11.3 Å². The summed E-state index contributed by atoms with van der Waals surface area (Å²) in [6, 6.07) is 11.9. The second kappa shape index (κ2) is 3.35. The Morgan fingerprint density at radius 3 is 2.38 bits per heavy atom. The molecule has 0 spiro atoms. The highest BCUT2D eigenvalue weighted by molar-refractivity contribution is 7.13. The Labute approximate surface area is 82.9 Å². The van der Waals surface area contributed by atoms with Crippen LogP contribution in [0, 0.1) is 19.9 Å². The van der Waals surface area contributed by atoms with Crippen molar-refractivity contribution in [3.63, 3.8) is 0 Å². The minimum absolute atomic E-state index is 1.21. The first-order valence-corrected chi connectivity index (χ1v) is 5.18. The van der Waals surface area contributed by atoms with E-state index in [-0.39, 0.29) is 0 Å². The summed E-state index contributed by atoms with van der Waals surface area (Å²) in [5.74, 6) is 0. The number of thiophene rings is 1. The third-order valence-corrected chi connectivity index (χ3v) is 2.86. The van der Waals surface area contributed by atoms with Gasteiger partial charge < -0.3 is 0 Å². The molecule has 0 nitrogen and oxygen atoms in total. The molecule has 0 unspecified atom stereocenters. The molecule has 2 aromatic rings. The van der Waals surface area contributed by atoms with E-state index in [9.17, 15) is 0 Å². The summed E-state index contributed by atoms with van der Waals surface area (Å²) >= 11 is 1.78. The number of hydrogen-bond acceptors (Lipinski definition) is 1. The maximum atomic E-state index is 3.28. The maximum absolute atomic E-state index is 3.28. The van der Waals surface area contributed by atoms with Gasteiger partial charge in [-0.05, 0) is 60.2 Å². The van der Waals surface area contributed by atoms with Crippen LogP contribution in [0.15, 0.2) is 29.6 Å². The van der Waals surface area contributed by atoms with E-state index in [0.29, 0.717) is 0 Å². The van der Waals surface area contributed by atoms with Crippen molar-refractivity contribution in [2.75, 3.05) is 0 Å². The normalized spacial score (nSPS) is 10.3. The van der Waals surface area contributed by atoms with Crippen LogP contribution in [0.2, 0.25) is 0 Å². The highest BCUT2D eigenvalue weighted by Gasteiger charge is 1.99. The summed E-state index contributed by atoms with van der Waals surface area (Å²) in [5, 5.41) is 2.11. The zero-order valence-corrected chi connectivity index (χ0v) is 8.61. The minimum atomic E-state index is 1.21. The summed E-state index contributed by atoms with van der Waals surface area (Å²) in [6.45, 7) is 4.17. The van der Waals surface area contributed by atoms with Gasteiger partial charge in [0.25, 0.3) is 0 Å². The Morgan fingerprint density at radius 2 is 1.85 bits per heavy atom. The maximum Gasteiger partial charge on any atom is 0.0342 e. The Bertz CT molecular complexity index is 379. The number of benzene rings is 1. The smallest absolute Gasteiger partial charge is 0.0342 e. The fourth-order valence-corrected chi connectivity index (χ4v) is 2.19. The molecular formula is C12H11S. The lowest BCUT2D eigenvalue weighted by Gasteiger charge is -2.01. The minimum Gasteiger partial charge on any atom is -0.144 e. The fraction of sp³-hybridized carbons (Fsp3) is 0.167. The molecule has 65 valence electrons. The lowest BCUT2D eigenvalue weighted by Crippen LogP contribution is -1.80. The monoisotopic (exact) mass is 187 g/mol. The average Bonchev–Trinajstić information content (AvgIpc) is 2.53. The molecule has 0 aliphatic heterocycles. The lowest BCUT2D eigenvalue weighted by atomic mass is 10.1. The number of aryl methyl sites for hydroxylation is 2. The van der Waals surface area contributed by atoms with Crippen LogP contribution in [0.3, 0.4) is 0 Å². The predicted molar refractivity (Wildman–Crippen MR) is 58.1 cm³/mol. The van der Waals surface area contributed by atoms with Crippen LogP contribution >= 0.6 is 11.3 Å². The van der Waals surface area contributed by atoms with Crippen molar-refractivity contribution in [1.82, 2.24) is 0 Å². The van der Waals surface area contributed by atoms with Gasteiger partial charge in [-0.3, -0.25) is 0 Å². The molecule has 0 fully saturated rings. The summed E-state index contributed by atoms with van der Waals surface area (Å²) < 4.78 is 0. The second-order valence-electron chi connectivity index (χ2n) is 3.21. The van der Waals surface area contributed by atoms with E-state index >= 15 is 0 Å². The van der Waals surface area contributed by atoms with Crippen LogP contribution < -0.4 is 0 Å². The first-order valence-electron chi connectivity index (χ1n) is 4.30. The zero-order chi connectivity index (χ0) is 9.26. The van der Waals surface area contributed by atoms with Crippen molar-refractivity contribution >= 4 is 11.3 Å². The summed E-state index contributed by atoms with van der Waals surface area (Å²) in [5.41, 5.74) is 3.73. The average molecular weight is 187 g/mol. The van der Waals surface area contributed by atoms with E-state index in [4.69, 9.17) is 0 Å². The molecule has 1 heteroatoms. The van der Waals surface area contributed by atoms with E-state index < -0.39 is 0 Å². The van der Waals surface area contributed by atoms with Crippen LogP contribution in [0.4, 0.5) is 0 Å². The van der Waals surface area contributed by atoms with Crippen molar-refractivity contribution in [3.05, 3.63) is 46.8 Å². The van der Waals surface area contributed by atoms with Crippen LogP contribution in [0.1, 0.15) is 11.1 Å². The highest BCUT2D eigenvalue weighted by Crippen LogP contribution is 2.25. The molecule has 13 heavy (non-hydrogen) atoms. The molecule has 1 radical (unpaired) electrons. The van der Waals surface area contributed by atoms with Gasteiger partial charge in [-0.1, -0.05) is 6.07 Å². The summed E-state index contributed by atoms with van der Waals surface area (Å²) in [7, 11) is 0. The van der Waals surface area contributed by atoms with Crippen LogP contribution in [-0.2, 0) is 0 Å². The van der Waals surface area contributed by atoms with E-state index in [1.807, 2.05) is 0 Å². The fourth-order valence-electron chi connectivity index (χ4n) is 1.48.